The van der Waals surface area contributed by atoms with Gasteiger partial charge in [0.05, 0.1) is 16.6 Å². The van der Waals surface area contributed by atoms with Crippen LogP contribution in [0.3, 0.4) is 0 Å². The lowest BCUT2D eigenvalue weighted by Crippen LogP contribution is -2.42. The highest BCUT2D eigenvalue weighted by molar-refractivity contribution is 6.15. The fourth-order valence-corrected chi connectivity index (χ4v) is 2.94. The van der Waals surface area contributed by atoms with Crippen LogP contribution in [-0.4, -0.2) is 38.8 Å². The average molecular weight is 407 g/mol. The third-order valence-corrected chi connectivity index (χ3v) is 4.39. The first-order chi connectivity index (χ1) is 14.2. The van der Waals surface area contributed by atoms with Crippen molar-refractivity contribution >= 4 is 34.6 Å². The zero-order valence-electron chi connectivity index (χ0n) is 16.1. The van der Waals surface area contributed by atoms with Crippen LogP contribution in [0.1, 0.15) is 24.2 Å². The Morgan fingerprint density at radius 3 is 2.40 bits per heavy atom. The van der Waals surface area contributed by atoms with Crippen LogP contribution in [0.15, 0.2) is 54.2 Å². The molecule has 1 saturated heterocycles. The van der Waals surface area contributed by atoms with E-state index < -0.39 is 23.7 Å². The molecule has 0 atom stereocenters. The first-order valence-corrected chi connectivity index (χ1v) is 8.99. The van der Waals surface area contributed by atoms with Gasteiger partial charge in [0.2, 0.25) is 0 Å². The Balaban J connectivity index is 1.52. The number of fused-ring (bicyclic) bond motifs is 1. The smallest absolute Gasteiger partial charge is 0.350 e. The molecule has 1 aliphatic rings. The lowest BCUT2D eigenvalue weighted by atomic mass is 10.2. The number of aromatic carboxylic acids is 1. The van der Waals surface area contributed by atoms with Gasteiger partial charge >= 0.3 is 17.9 Å². The zero-order valence-corrected chi connectivity index (χ0v) is 16.1. The van der Waals surface area contributed by atoms with Gasteiger partial charge in [0.1, 0.15) is 5.82 Å². The SMILES string of the molecule is CC1(C)OC(=O)C(=CNc2ccc(-c3nc4ccc(C(=O)O)cc4[nH]3)cc2)C(=O)O1. The van der Waals surface area contributed by atoms with Crippen LogP contribution in [-0.2, 0) is 19.1 Å². The Labute approximate surface area is 170 Å². The number of esters is 2. The van der Waals surface area contributed by atoms with Gasteiger partial charge < -0.3 is 24.9 Å². The standard InChI is InChI=1S/C21H17N3O6/c1-21(2)29-19(27)14(20(28)30-21)10-22-13-6-3-11(4-7-13)17-23-15-8-5-12(18(25)26)9-16(15)24-17/h3-10,22H,1-2H3,(H,23,24)(H,25,26). The highest BCUT2D eigenvalue weighted by Crippen LogP contribution is 2.25. The van der Waals surface area contributed by atoms with Gasteiger partial charge in [-0.3, -0.25) is 0 Å². The van der Waals surface area contributed by atoms with E-state index in [2.05, 4.69) is 15.3 Å². The molecule has 3 N–H and O–H groups in total. The van der Waals surface area contributed by atoms with Crippen molar-refractivity contribution in [3.8, 4) is 11.4 Å². The van der Waals surface area contributed by atoms with E-state index in [1.807, 2.05) is 0 Å². The molecule has 0 radical (unpaired) electrons. The quantitative estimate of drug-likeness (QED) is 0.342. The van der Waals surface area contributed by atoms with Crippen LogP contribution in [0.25, 0.3) is 22.4 Å². The maximum atomic E-state index is 12.0. The molecule has 0 aliphatic carbocycles. The van der Waals surface area contributed by atoms with E-state index in [-0.39, 0.29) is 11.1 Å². The molecule has 1 fully saturated rings. The number of benzene rings is 2. The van der Waals surface area contributed by atoms with Gasteiger partial charge in [-0.15, -0.1) is 0 Å². The number of hydrogen-bond donors (Lipinski definition) is 3. The number of carboxylic acids is 1. The average Bonchev–Trinajstić information content (AvgIpc) is 3.10. The van der Waals surface area contributed by atoms with Crippen molar-refractivity contribution in [1.82, 2.24) is 9.97 Å². The van der Waals surface area contributed by atoms with E-state index in [1.54, 1.807) is 30.3 Å². The number of carboxylic acid groups (broad SMARTS) is 1. The fraction of sp³-hybridized carbons (Fsp3) is 0.143. The molecule has 4 rings (SSSR count). The second-order valence-electron chi connectivity index (χ2n) is 7.08. The van der Waals surface area contributed by atoms with Crippen LogP contribution >= 0.6 is 0 Å². The minimum Gasteiger partial charge on any atom is -0.478 e. The van der Waals surface area contributed by atoms with Crippen molar-refractivity contribution in [2.75, 3.05) is 5.32 Å². The number of nitrogens with zero attached hydrogens (tertiary/aromatic N) is 1. The number of nitrogens with one attached hydrogen (secondary N) is 2. The van der Waals surface area contributed by atoms with Gasteiger partial charge in [0, 0.05) is 31.3 Å². The maximum absolute atomic E-state index is 12.0. The molecule has 1 aliphatic heterocycles. The summed E-state index contributed by atoms with van der Waals surface area (Å²) < 4.78 is 10.1. The summed E-state index contributed by atoms with van der Waals surface area (Å²) in [7, 11) is 0. The number of hydrogen-bond acceptors (Lipinski definition) is 7. The maximum Gasteiger partial charge on any atom is 0.350 e. The number of cyclic esters (lactones) is 2. The van der Waals surface area contributed by atoms with Crippen LogP contribution in [0.4, 0.5) is 5.69 Å². The summed E-state index contributed by atoms with van der Waals surface area (Å²) in [5.41, 5.74) is 2.62. The Hall–Kier alpha value is -4.14. The van der Waals surface area contributed by atoms with Crippen molar-refractivity contribution < 1.29 is 29.0 Å². The normalized spacial score (nSPS) is 15.5. The molecule has 30 heavy (non-hydrogen) atoms. The highest BCUT2D eigenvalue weighted by Gasteiger charge is 2.38. The van der Waals surface area contributed by atoms with Gasteiger partial charge in [-0.25, -0.2) is 19.4 Å². The molecule has 0 spiro atoms. The zero-order chi connectivity index (χ0) is 21.5. The van der Waals surface area contributed by atoms with E-state index in [9.17, 15) is 14.4 Å². The lowest BCUT2D eigenvalue weighted by molar-refractivity contribution is -0.222. The molecule has 0 unspecified atom stereocenters. The Bertz CT molecular complexity index is 1190. The molecule has 0 saturated carbocycles. The van der Waals surface area contributed by atoms with Crippen molar-refractivity contribution in [2.24, 2.45) is 0 Å². The van der Waals surface area contributed by atoms with Crippen LogP contribution < -0.4 is 5.32 Å². The second-order valence-corrected chi connectivity index (χ2v) is 7.08. The molecular formula is C21H17N3O6. The number of rotatable bonds is 4. The Morgan fingerprint density at radius 1 is 1.10 bits per heavy atom. The van der Waals surface area contributed by atoms with E-state index in [0.717, 1.165) is 5.56 Å². The van der Waals surface area contributed by atoms with Gasteiger partial charge in [-0.2, -0.15) is 0 Å². The summed E-state index contributed by atoms with van der Waals surface area (Å²) in [6.45, 7) is 2.96. The Morgan fingerprint density at radius 2 is 1.77 bits per heavy atom. The number of anilines is 1. The van der Waals surface area contributed by atoms with Gasteiger partial charge in [-0.1, -0.05) is 0 Å². The van der Waals surface area contributed by atoms with Gasteiger partial charge in [0.25, 0.3) is 5.79 Å². The van der Waals surface area contributed by atoms with Crippen LogP contribution in [0.2, 0.25) is 0 Å². The number of aromatic nitrogens is 2. The minimum absolute atomic E-state index is 0.174. The van der Waals surface area contributed by atoms with E-state index in [4.69, 9.17) is 14.6 Å². The van der Waals surface area contributed by atoms with Crippen molar-refractivity contribution in [1.29, 1.82) is 0 Å². The number of H-pyrrole nitrogens is 1. The molecule has 2 heterocycles. The molecule has 3 aromatic rings. The Kier molecular flexibility index (Phi) is 4.50. The predicted octanol–water partition coefficient (Wildman–Crippen LogP) is 3.06. The molecule has 152 valence electrons. The highest BCUT2D eigenvalue weighted by atomic mass is 16.7. The molecule has 2 aromatic carbocycles. The molecule has 1 aromatic heterocycles. The summed E-state index contributed by atoms with van der Waals surface area (Å²) in [5, 5.41) is 12.0. The topological polar surface area (TPSA) is 131 Å². The summed E-state index contributed by atoms with van der Waals surface area (Å²) in [4.78, 5) is 42.6. The second kappa shape index (κ2) is 7.03. The fourth-order valence-electron chi connectivity index (χ4n) is 2.94. The number of carbonyl (C=O) groups excluding carboxylic acids is 2. The van der Waals surface area contributed by atoms with Crippen LogP contribution in [0, 0.1) is 0 Å². The third kappa shape index (κ3) is 3.72. The molecular weight excluding hydrogens is 390 g/mol. The summed E-state index contributed by atoms with van der Waals surface area (Å²) in [5.74, 6) is -3.23. The van der Waals surface area contributed by atoms with Gasteiger partial charge in [0.15, 0.2) is 5.57 Å². The number of carbonyl (C=O) groups is 3. The van der Waals surface area contributed by atoms with Crippen LogP contribution in [0.5, 0.6) is 0 Å². The van der Waals surface area contributed by atoms with Crippen molar-refractivity contribution in [2.45, 2.75) is 19.6 Å². The number of aromatic amines is 1. The molecule has 0 amide bonds. The first-order valence-electron chi connectivity index (χ1n) is 8.99. The summed E-state index contributed by atoms with van der Waals surface area (Å²) in [6.07, 6.45) is 1.24. The number of imidazole rings is 1. The first kappa shape index (κ1) is 19.2. The predicted molar refractivity (Wildman–Crippen MR) is 106 cm³/mol. The third-order valence-electron chi connectivity index (χ3n) is 4.39. The van der Waals surface area contributed by atoms with E-state index in [1.165, 1.54) is 32.2 Å². The molecule has 9 heteroatoms. The van der Waals surface area contributed by atoms with Crippen molar-refractivity contribution in [3.05, 3.63) is 59.8 Å². The lowest BCUT2D eigenvalue weighted by Gasteiger charge is -2.29. The van der Waals surface area contributed by atoms with E-state index in [0.29, 0.717) is 22.5 Å². The minimum atomic E-state index is -1.29. The largest absolute Gasteiger partial charge is 0.478 e. The summed E-state index contributed by atoms with van der Waals surface area (Å²) >= 11 is 0. The monoisotopic (exact) mass is 407 g/mol. The van der Waals surface area contributed by atoms with Gasteiger partial charge in [-0.05, 0) is 42.5 Å². The molecule has 9 nitrogen and oxygen atoms in total. The summed E-state index contributed by atoms with van der Waals surface area (Å²) in [6, 6.07) is 11.7. The van der Waals surface area contributed by atoms with E-state index >= 15 is 0 Å². The number of ether oxygens (including phenoxy) is 2. The van der Waals surface area contributed by atoms with Crippen molar-refractivity contribution in [3.63, 3.8) is 0 Å². The molecule has 0 bridgehead atoms.